The van der Waals surface area contributed by atoms with E-state index in [0.717, 1.165) is 25.7 Å². The SMILES string of the molecule is CN(C(=O)c1cncc(NN)n1)C1CCCCC1O. The second kappa shape index (κ2) is 5.94. The van der Waals surface area contributed by atoms with Crippen LogP contribution in [0.4, 0.5) is 5.82 Å². The van der Waals surface area contributed by atoms with Gasteiger partial charge in [-0.25, -0.2) is 10.8 Å². The van der Waals surface area contributed by atoms with Crippen molar-refractivity contribution in [3.8, 4) is 0 Å². The van der Waals surface area contributed by atoms with Gasteiger partial charge in [-0.15, -0.1) is 0 Å². The predicted molar refractivity (Wildman–Crippen MR) is 70.2 cm³/mol. The van der Waals surface area contributed by atoms with Gasteiger partial charge in [0.05, 0.1) is 24.5 Å². The second-order valence-corrected chi connectivity index (χ2v) is 4.77. The van der Waals surface area contributed by atoms with Crippen molar-refractivity contribution < 1.29 is 9.90 Å². The van der Waals surface area contributed by atoms with E-state index in [0.29, 0.717) is 5.82 Å². The molecule has 19 heavy (non-hydrogen) atoms. The summed E-state index contributed by atoms with van der Waals surface area (Å²) in [6, 6.07) is -0.155. The third-order valence-corrected chi connectivity index (χ3v) is 3.51. The van der Waals surface area contributed by atoms with E-state index >= 15 is 0 Å². The van der Waals surface area contributed by atoms with Crippen LogP contribution in [0, 0.1) is 0 Å². The lowest BCUT2D eigenvalue weighted by Gasteiger charge is -2.34. The summed E-state index contributed by atoms with van der Waals surface area (Å²) in [4.78, 5) is 21.8. The fraction of sp³-hybridized carbons (Fsp3) is 0.583. The summed E-state index contributed by atoms with van der Waals surface area (Å²) < 4.78 is 0. The number of aliphatic hydroxyl groups excluding tert-OH is 1. The van der Waals surface area contributed by atoms with Crippen LogP contribution in [0.5, 0.6) is 0 Å². The van der Waals surface area contributed by atoms with Crippen molar-refractivity contribution >= 4 is 11.7 Å². The van der Waals surface area contributed by atoms with Crippen molar-refractivity contribution in [3.05, 3.63) is 18.1 Å². The topological polar surface area (TPSA) is 104 Å². The van der Waals surface area contributed by atoms with Crippen LogP contribution in [0.3, 0.4) is 0 Å². The summed E-state index contributed by atoms with van der Waals surface area (Å²) in [6.07, 6.45) is 5.94. The number of nitrogens with one attached hydrogen (secondary N) is 1. The number of amides is 1. The number of carbonyl (C=O) groups is 1. The van der Waals surface area contributed by atoms with E-state index < -0.39 is 6.10 Å². The Hall–Kier alpha value is -1.73. The molecule has 104 valence electrons. The number of carbonyl (C=O) groups excluding carboxylic acids is 1. The van der Waals surface area contributed by atoms with Gasteiger partial charge < -0.3 is 15.4 Å². The van der Waals surface area contributed by atoms with Crippen LogP contribution in [-0.4, -0.2) is 45.1 Å². The van der Waals surface area contributed by atoms with Gasteiger partial charge in [0.1, 0.15) is 5.69 Å². The Labute approximate surface area is 111 Å². The van der Waals surface area contributed by atoms with Crippen LogP contribution in [0.15, 0.2) is 12.4 Å². The molecule has 0 saturated heterocycles. The van der Waals surface area contributed by atoms with Gasteiger partial charge in [-0.1, -0.05) is 12.8 Å². The minimum Gasteiger partial charge on any atom is -0.391 e. The summed E-state index contributed by atoms with van der Waals surface area (Å²) in [7, 11) is 1.69. The van der Waals surface area contributed by atoms with Gasteiger partial charge in [-0.2, -0.15) is 0 Å². The van der Waals surface area contributed by atoms with Crippen molar-refractivity contribution in [2.45, 2.75) is 37.8 Å². The molecule has 0 aliphatic heterocycles. The number of rotatable bonds is 3. The number of aromatic nitrogens is 2. The standard InChI is InChI=1S/C12H19N5O2/c1-17(9-4-2-3-5-10(9)18)12(19)8-6-14-7-11(15-8)16-13/h6-7,9-10,18H,2-5,13H2,1H3,(H,15,16). The zero-order chi connectivity index (χ0) is 13.8. The number of likely N-dealkylation sites (N-methyl/N-ethyl adjacent to an activating group) is 1. The summed E-state index contributed by atoms with van der Waals surface area (Å²) in [5.41, 5.74) is 2.57. The molecule has 4 N–H and O–H groups in total. The number of anilines is 1. The van der Waals surface area contributed by atoms with Crippen molar-refractivity contribution in [1.29, 1.82) is 0 Å². The van der Waals surface area contributed by atoms with E-state index in [1.165, 1.54) is 12.4 Å². The molecule has 1 aliphatic carbocycles. The zero-order valence-electron chi connectivity index (χ0n) is 10.9. The molecular formula is C12H19N5O2. The number of nitrogens with two attached hydrogens (primary N) is 1. The summed E-state index contributed by atoms with van der Waals surface area (Å²) in [5, 5.41) is 9.97. The molecule has 0 bridgehead atoms. The third kappa shape index (κ3) is 2.99. The molecule has 1 aromatic rings. The quantitative estimate of drug-likeness (QED) is 0.530. The van der Waals surface area contributed by atoms with Gasteiger partial charge in [-0.3, -0.25) is 9.78 Å². The Balaban J connectivity index is 2.13. The molecule has 2 rings (SSSR count). The van der Waals surface area contributed by atoms with E-state index in [-0.39, 0.29) is 17.6 Å². The first kappa shape index (κ1) is 13.7. The highest BCUT2D eigenvalue weighted by atomic mass is 16.3. The average Bonchev–Trinajstić information content (AvgIpc) is 2.46. The molecule has 1 aliphatic rings. The Kier molecular flexibility index (Phi) is 4.28. The van der Waals surface area contributed by atoms with Gasteiger partial charge in [-0.05, 0) is 12.8 Å². The smallest absolute Gasteiger partial charge is 0.274 e. The van der Waals surface area contributed by atoms with Crippen molar-refractivity contribution in [3.63, 3.8) is 0 Å². The number of hydrazine groups is 1. The van der Waals surface area contributed by atoms with Crippen LogP contribution in [-0.2, 0) is 0 Å². The highest BCUT2D eigenvalue weighted by Gasteiger charge is 2.30. The van der Waals surface area contributed by atoms with E-state index in [2.05, 4.69) is 15.4 Å². The molecular weight excluding hydrogens is 246 g/mol. The largest absolute Gasteiger partial charge is 0.391 e. The molecule has 0 radical (unpaired) electrons. The van der Waals surface area contributed by atoms with E-state index in [9.17, 15) is 9.90 Å². The lowest BCUT2D eigenvalue weighted by Crippen LogP contribution is -2.46. The summed E-state index contributed by atoms with van der Waals surface area (Å²) >= 11 is 0. The number of hydrogen-bond donors (Lipinski definition) is 3. The van der Waals surface area contributed by atoms with Crippen molar-refractivity contribution in [1.82, 2.24) is 14.9 Å². The van der Waals surface area contributed by atoms with Crippen LogP contribution < -0.4 is 11.3 Å². The molecule has 1 fully saturated rings. The minimum absolute atomic E-state index is 0.155. The Morgan fingerprint density at radius 3 is 2.89 bits per heavy atom. The first-order chi connectivity index (χ1) is 9.13. The van der Waals surface area contributed by atoms with Crippen molar-refractivity contribution in [2.24, 2.45) is 5.84 Å². The first-order valence-corrected chi connectivity index (χ1v) is 6.37. The number of nitrogen functional groups attached to an aromatic ring is 1. The lowest BCUT2D eigenvalue weighted by atomic mass is 9.91. The van der Waals surface area contributed by atoms with Crippen LogP contribution in [0.1, 0.15) is 36.2 Å². The van der Waals surface area contributed by atoms with Gasteiger partial charge >= 0.3 is 0 Å². The molecule has 7 nitrogen and oxygen atoms in total. The van der Waals surface area contributed by atoms with Crippen LogP contribution in [0.25, 0.3) is 0 Å². The van der Waals surface area contributed by atoms with Gasteiger partial charge in [0, 0.05) is 7.05 Å². The fourth-order valence-electron chi connectivity index (χ4n) is 2.41. The molecule has 0 spiro atoms. The van der Waals surface area contributed by atoms with E-state index in [1.807, 2.05) is 0 Å². The number of aliphatic hydroxyl groups is 1. The number of hydrogen-bond acceptors (Lipinski definition) is 6. The maximum absolute atomic E-state index is 12.3. The van der Waals surface area contributed by atoms with Crippen LogP contribution in [0.2, 0.25) is 0 Å². The Bertz CT molecular complexity index is 454. The third-order valence-electron chi connectivity index (χ3n) is 3.51. The molecule has 2 unspecified atom stereocenters. The molecule has 1 heterocycles. The Morgan fingerprint density at radius 1 is 1.47 bits per heavy atom. The lowest BCUT2D eigenvalue weighted by molar-refractivity contribution is 0.0264. The normalized spacial score (nSPS) is 22.9. The van der Waals surface area contributed by atoms with E-state index in [4.69, 9.17) is 5.84 Å². The highest BCUT2D eigenvalue weighted by Crippen LogP contribution is 2.23. The molecule has 2 atom stereocenters. The van der Waals surface area contributed by atoms with Crippen LogP contribution >= 0.6 is 0 Å². The Morgan fingerprint density at radius 2 is 2.21 bits per heavy atom. The second-order valence-electron chi connectivity index (χ2n) is 4.77. The number of nitrogens with zero attached hydrogens (tertiary/aromatic N) is 3. The average molecular weight is 265 g/mol. The summed E-state index contributed by atoms with van der Waals surface area (Å²) in [5.74, 6) is 5.32. The molecule has 1 amide bonds. The monoisotopic (exact) mass is 265 g/mol. The van der Waals surface area contributed by atoms with Gasteiger partial charge in [0.2, 0.25) is 0 Å². The zero-order valence-corrected chi connectivity index (χ0v) is 10.9. The van der Waals surface area contributed by atoms with Gasteiger partial charge in [0.15, 0.2) is 5.82 Å². The highest BCUT2D eigenvalue weighted by molar-refractivity contribution is 5.92. The first-order valence-electron chi connectivity index (χ1n) is 6.37. The summed E-state index contributed by atoms with van der Waals surface area (Å²) in [6.45, 7) is 0. The maximum atomic E-state index is 12.3. The molecule has 7 heteroatoms. The minimum atomic E-state index is -0.466. The van der Waals surface area contributed by atoms with Gasteiger partial charge in [0.25, 0.3) is 5.91 Å². The molecule has 1 saturated carbocycles. The maximum Gasteiger partial charge on any atom is 0.274 e. The fourth-order valence-corrected chi connectivity index (χ4v) is 2.41. The molecule has 0 aromatic carbocycles. The predicted octanol–water partition coefficient (Wildman–Crippen LogP) is 0.138. The van der Waals surface area contributed by atoms with E-state index in [1.54, 1.807) is 11.9 Å². The van der Waals surface area contributed by atoms with Crippen molar-refractivity contribution in [2.75, 3.05) is 12.5 Å². The molecule has 1 aromatic heterocycles.